The predicted octanol–water partition coefficient (Wildman–Crippen LogP) is 2.02. The first kappa shape index (κ1) is 14.6. The van der Waals surface area contributed by atoms with E-state index in [2.05, 4.69) is 4.74 Å². The van der Waals surface area contributed by atoms with Crippen molar-refractivity contribution in [1.29, 1.82) is 0 Å². The Morgan fingerprint density at radius 1 is 1.29 bits per heavy atom. The summed E-state index contributed by atoms with van der Waals surface area (Å²) in [5.74, 6) is -0.291. The normalized spacial score (nSPS) is 24.0. The number of ether oxygens (including phenoxy) is 1. The van der Waals surface area contributed by atoms with Crippen molar-refractivity contribution in [3.63, 3.8) is 0 Å². The van der Waals surface area contributed by atoms with Gasteiger partial charge in [-0.3, -0.25) is 0 Å². The number of esters is 1. The standard InChI is InChI=1S/C14H19NO5S/c1-19-14(16)12-7-8-13(20-12)21(17,18)15-9-3-6-11(15)10-4-2-5-10/h7-8,10-11H,2-6,9H2,1H3. The van der Waals surface area contributed by atoms with Gasteiger partial charge in [0.1, 0.15) is 0 Å². The molecule has 0 bridgehead atoms. The molecule has 2 fully saturated rings. The number of rotatable bonds is 4. The number of furan rings is 1. The molecule has 7 heteroatoms. The highest BCUT2D eigenvalue weighted by Crippen LogP contribution is 2.39. The van der Waals surface area contributed by atoms with E-state index in [1.165, 1.54) is 25.7 Å². The largest absolute Gasteiger partial charge is 0.463 e. The summed E-state index contributed by atoms with van der Waals surface area (Å²) in [5, 5.41) is -0.172. The third kappa shape index (κ3) is 2.48. The van der Waals surface area contributed by atoms with E-state index in [-0.39, 0.29) is 16.9 Å². The van der Waals surface area contributed by atoms with E-state index in [9.17, 15) is 13.2 Å². The lowest BCUT2D eigenvalue weighted by Gasteiger charge is -2.35. The van der Waals surface area contributed by atoms with Crippen LogP contribution in [0.25, 0.3) is 0 Å². The Balaban J connectivity index is 1.85. The van der Waals surface area contributed by atoms with Crippen LogP contribution in [0, 0.1) is 5.92 Å². The van der Waals surface area contributed by atoms with Crippen LogP contribution in [0.3, 0.4) is 0 Å². The molecule has 1 saturated carbocycles. The average molecular weight is 313 g/mol. The van der Waals surface area contributed by atoms with Gasteiger partial charge in [-0.15, -0.1) is 0 Å². The number of methoxy groups -OCH3 is 1. The third-order valence-electron chi connectivity index (χ3n) is 4.47. The van der Waals surface area contributed by atoms with Crippen LogP contribution in [0.5, 0.6) is 0 Å². The summed E-state index contributed by atoms with van der Waals surface area (Å²) >= 11 is 0. The van der Waals surface area contributed by atoms with Crippen LogP contribution in [0.15, 0.2) is 21.6 Å². The van der Waals surface area contributed by atoms with Gasteiger partial charge in [0, 0.05) is 12.6 Å². The van der Waals surface area contributed by atoms with Crippen molar-refractivity contribution in [2.24, 2.45) is 5.92 Å². The molecule has 3 rings (SSSR count). The maximum absolute atomic E-state index is 12.7. The summed E-state index contributed by atoms with van der Waals surface area (Å²) in [4.78, 5) is 11.4. The fourth-order valence-corrected chi connectivity index (χ4v) is 4.81. The molecule has 1 aliphatic carbocycles. The first-order valence-corrected chi connectivity index (χ1v) is 8.68. The summed E-state index contributed by atoms with van der Waals surface area (Å²) in [7, 11) is -2.44. The first-order chi connectivity index (χ1) is 10.0. The first-order valence-electron chi connectivity index (χ1n) is 7.24. The number of sulfonamides is 1. The molecule has 0 spiro atoms. The van der Waals surface area contributed by atoms with Crippen LogP contribution in [0.4, 0.5) is 0 Å². The van der Waals surface area contributed by atoms with Gasteiger partial charge >= 0.3 is 5.97 Å². The monoisotopic (exact) mass is 313 g/mol. The second kappa shape index (κ2) is 5.46. The third-order valence-corrected chi connectivity index (χ3v) is 6.27. The fourth-order valence-electron chi connectivity index (χ4n) is 3.14. The fraction of sp³-hybridized carbons (Fsp3) is 0.643. The molecule has 1 aliphatic heterocycles. The Kier molecular flexibility index (Phi) is 3.79. The predicted molar refractivity (Wildman–Crippen MR) is 74.3 cm³/mol. The zero-order valence-electron chi connectivity index (χ0n) is 11.9. The van der Waals surface area contributed by atoms with Crippen molar-refractivity contribution in [1.82, 2.24) is 4.31 Å². The van der Waals surface area contributed by atoms with Crippen molar-refractivity contribution in [2.45, 2.75) is 43.2 Å². The minimum Gasteiger partial charge on any atom is -0.463 e. The van der Waals surface area contributed by atoms with E-state index in [1.807, 2.05) is 0 Å². The lowest BCUT2D eigenvalue weighted by atomic mass is 9.79. The van der Waals surface area contributed by atoms with E-state index in [4.69, 9.17) is 4.42 Å². The Bertz CT molecular complexity index is 632. The second-order valence-corrected chi connectivity index (χ2v) is 7.45. The summed E-state index contributed by atoms with van der Waals surface area (Å²) in [6.45, 7) is 0.526. The van der Waals surface area contributed by atoms with Crippen LogP contribution in [-0.2, 0) is 14.8 Å². The zero-order valence-corrected chi connectivity index (χ0v) is 12.8. The van der Waals surface area contributed by atoms with Crippen molar-refractivity contribution < 1.29 is 22.4 Å². The highest BCUT2D eigenvalue weighted by Gasteiger charge is 2.42. The molecule has 0 amide bonds. The van der Waals surface area contributed by atoms with E-state index in [1.54, 1.807) is 4.31 Å². The lowest BCUT2D eigenvalue weighted by molar-refractivity contribution is 0.0558. The van der Waals surface area contributed by atoms with Crippen LogP contribution in [0.2, 0.25) is 0 Å². The van der Waals surface area contributed by atoms with Gasteiger partial charge in [-0.25, -0.2) is 13.2 Å². The molecule has 1 atom stereocenters. The highest BCUT2D eigenvalue weighted by molar-refractivity contribution is 7.89. The molecule has 0 radical (unpaired) electrons. The van der Waals surface area contributed by atoms with Crippen molar-refractivity contribution in [2.75, 3.05) is 13.7 Å². The minimum absolute atomic E-state index is 0.0791. The molecule has 1 aromatic rings. The summed E-state index contributed by atoms with van der Waals surface area (Å²) in [6, 6.07) is 2.75. The van der Waals surface area contributed by atoms with Crippen LogP contribution in [-0.4, -0.2) is 38.4 Å². The molecule has 2 heterocycles. The lowest BCUT2D eigenvalue weighted by Crippen LogP contribution is -2.42. The Hall–Kier alpha value is -1.34. The molecule has 21 heavy (non-hydrogen) atoms. The van der Waals surface area contributed by atoms with Gasteiger partial charge in [0.15, 0.2) is 0 Å². The zero-order chi connectivity index (χ0) is 15.0. The Labute approximate surface area is 124 Å². The topological polar surface area (TPSA) is 76.8 Å². The van der Waals surface area contributed by atoms with Crippen LogP contribution in [0.1, 0.15) is 42.7 Å². The van der Waals surface area contributed by atoms with Gasteiger partial charge in [-0.1, -0.05) is 6.42 Å². The maximum Gasteiger partial charge on any atom is 0.374 e. The highest BCUT2D eigenvalue weighted by atomic mass is 32.2. The summed E-state index contributed by atoms with van der Waals surface area (Å²) in [6.07, 6.45) is 5.17. The van der Waals surface area contributed by atoms with Gasteiger partial charge < -0.3 is 9.15 Å². The second-order valence-electron chi connectivity index (χ2n) is 5.63. The summed E-state index contributed by atoms with van der Waals surface area (Å²) < 4.78 is 36.7. The van der Waals surface area contributed by atoms with Crippen molar-refractivity contribution in [3.8, 4) is 0 Å². The Morgan fingerprint density at radius 2 is 2.05 bits per heavy atom. The molecule has 6 nitrogen and oxygen atoms in total. The van der Waals surface area contributed by atoms with Crippen molar-refractivity contribution in [3.05, 3.63) is 17.9 Å². The number of carbonyl (C=O) groups excluding carboxylic acids is 1. The van der Waals surface area contributed by atoms with Gasteiger partial charge in [-0.05, 0) is 43.7 Å². The van der Waals surface area contributed by atoms with E-state index >= 15 is 0 Å². The SMILES string of the molecule is COC(=O)c1ccc(S(=O)(=O)N2CCCC2C2CCC2)o1. The minimum atomic E-state index is -3.67. The molecule has 2 aliphatic rings. The van der Waals surface area contributed by atoms with Gasteiger partial charge in [0.25, 0.3) is 10.0 Å². The van der Waals surface area contributed by atoms with Crippen LogP contribution < -0.4 is 0 Å². The molecule has 1 unspecified atom stereocenters. The number of hydrogen-bond acceptors (Lipinski definition) is 5. The number of nitrogens with zero attached hydrogens (tertiary/aromatic N) is 1. The van der Waals surface area contributed by atoms with Gasteiger partial charge in [0.2, 0.25) is 10.9 Å². The summed E-state index contributed by atoms with van der Waals surface area (Å²) in [5.41, 5.74) is 0. The van der Waals surface area contributed by atoms with E-state index in [0.29, 0.717) is 12.5 Å². The molecule has 0 N–H and O–H groups in total. The average Bonchev–Trinajstić information content (AvgIpc) is 3.04. The Morgan fingerprint density at radius 3 is 2.67 bits per heavy atom. The van der Waals surface area contributed by atoms with Crippen molar-refractivity contribution >= 4 is 16.0 Å². The molecule has 1 saturated heterocycles. The van der Waals surface area contributed by atoms with Crippen LogP contribution >= 0.6 is 0 Å². The molecular weight excluding hydrogens is 294 g/mol. The molecule has 0 aromatic carbocycles. The molecule has 1 aromatic heterocycles. The quantitative estimate of drug-likeness (QED) is 0.795. The number of hydrogen-bond donors (Lipinski definition) is 0. The molecule has 116 valence electrons. The van der Waals surface area contributed by atoms with Gasteiger partial charge in [0.05, 0.1) is 7.11 Å². The van der Waals surface area contributed by atoms with Gasteiger partial charge in [-0.2, -0.15) is 4.31 Å². The smallest absolute Gasteiger partial charge is 0.374 e. The maximum atomic E-state index is 12.7. The van der Waals surface area contributed by atoms with E-state index < -0.39 is 16.0 Å². The van der Waals surface area contributed by atoms with E-state index in [0.717, 1.165) is 25.7 Å². The molecular formula is C14H19NO5S. The number of carbonyl (C=O) groups is 1.